The number of carbonyl (C=O) groups is 1. The van der Waals surface area contributed by atoms with Crippen molar-refractivity contribution in [3.63, 3.8) is 0 Å². The number of carbonyl (C=O) groups excluding carboxylic acids is 1. The van der Waals surface area contributed by atoms with Crippen molar-refractivity contribution in [1.29, 1.82) is 0 Å². The summed E-state index contributed by atoms with van der Waals surface area (Å²) in [4.78, 5) is 33.0. The predicted molar refractivity (Wildman–Crippen MR) is 104 cm³/mol. The fourth-order valence-corrected chi connectivity index (χ4v) is 2.47. The minimum atomic E-state index is -0.634. The van der Waals surface area contributed by atoms with E-state index in [0.29, 0.717) is 34.6 Å². The molecule has 5 N–H and O–H groups in total. The standard InChI is InChI=1S/C17H16ClN7O2/c1-2-20-17-21-6-5-13(23-17)14-8-10(16(27)25-24-14)15(26)22-12-4-3-9(18)7-11(12)19/h3-8H,2,19H2,1H3,(H,22,26)(H,25,27)(H,20,21,23). The number of nitrogens with one attached hydrogen (secondary N) is 3. The molecule has 0 aliphatic carbocycles. The summed E-state index contributed by atoms with van der Waals surface area (Å²) in [5, 5.41) is 12.3. The zero-order chi connectivity index (χ0) is 19.4. The zero-order valence-electron chi connectivity index (χ0n) is 14.3. The summed E-state index contributed by atoms with van der Waals surface area (Å²) < 4.78 is 0. The monoisotopic (exact) mass is 385 g/mol. The summed E-state index contributed by atoms with van der Waals surface area (Å²) >= 11 is 5.85. The number of hydrogen-bond donors (Lipinski definition) is 4. The van der Waals surface area contributed by atoms with Crippen molar-refractivity contribution in [2.45, 2.75) is 6.92 Å². The Morgan fingerprint density at radius 2 is 2.07 bits per heavy atom. The molecule has 10 heteroatoms. The normalized spacial score (nSPS) is 10.4. The van der Waals surface area contributed by atoms with Crippen LogP contribution < -0.4 is 21.9 Å². The molecule has 0 unspecified atom stereocenters. The molecule has 3 aromatic rings. The Labute approximate surface area is 159 Å². The van der Waals surface area contributed by atoms with Crippen LogP contribution in [0.5, 0.6) is 0 Å². The van der Waals surface area contributed by atoms with Crippen molar-refractivity contribution < 1.29 is 4.79 Å². The highest BCUT2D eigenvalue weighted by atomic mass is 35.5. The van der Waals surface area contributed by atoms with Crippen LogP contribution in [0.3, 0.4) is 0 Å². The van der Waals surface area contributed by atoms with Gasteiger partial charge in [-0.2, -0.15) is 5.10 Å². The van der Waals surface area contributed by atoms with Gasteiger partial charge in [0.15, 0.2) is 0 Å². The molecule has 0 saturated heterocycles. The molecule has 138 valence electrons. The maximum absolute atomic E-state index is 12.5. The van der Waals surface area contributed by atoms with Crippen LogP contribution in [0, 0.1) is 0 Å². The second kappa shape index (κ2) is 7.83. The average Bonchev–Trinajstić information content (AvgIpc) is 2.65. The summed E-state index contributed by atoms with van der Waals surface area (Å²) in [6.07, 6.45) is 1.56. The smallest absolute Gasteiger partial charge is 0.277 e. The van der Waals surface area contributed by atoms with E-state index < -0.39 is 11.5 Å². The number of H-pyrrole nitrogens is 1. The van der Waals surface area contributed by atoms with Gasteiger partial charge in [-0.05, 0) is 37.3 Å². The molecule has 0 aliphatic heterocycles. The highest BCUT2D eigenvalue weighted by Gasteiger charge is 2.15. The Morgan fingerprint density at radius 3 is 2.81 bits per heavy atom. The molecule has 9 nitrogen and oxygen atoms in total. The third kappa shape index (κ3) is 4.21. The fraction of sp³-hybridized carbons (Fsp3) is 0.118. The summed E-state index contributed by atoms with van der Waals surface area (Å²) in [5.41, 5.74) is 6.48. The molecule has 0 bridgehead atoms. The van der Waals surface area contributed by atoms with Crippen molar-refractivity contribution in [3.05, 3.63) is 57.5 Å². The van der Waals surface area contributed by atoms with Gasteiger partial charge in [0.2, 0.25) is 5.95 Å². The van der Waals surface area contributed by atoms with Crippen molar-refractivity contribution >= 4 is 34.8 Å². The minimum Gasteiger partial charge on any atom is -0.397 e. The van der Waals surface area contributed by atoms with Crippen LogP contribution in [-0.2, 0) is 0 Å². The molecule has 1 aromatic carbocycles. The molecule has 0 radical (unpaired) electrons. The number of amides is 1. The Morgan fingerprint density at radius 1 is 1.26 bits per heavy atom. The number of aromatic nitrogens is 4. The highest BCUT2D eigenvalue weighted by molar-refractivity contribution is 6.31. The quantitative estimate of drug-likeness (QED) is 0.493. The van der Waals surface area contributed by atoms with E-state index in [4.69, 9.17) is 17.3 Å². The number of benzene rings is 1. The topological polar surface area (TPSA) is 139 Å². The van der Waals surface area contributed by atoms with Crippen molar-refractivity contribution in [1.82, 2.24) is 20.2 Å². The van der Waals surface area contributed by atoms with Gasteiger partial charge in [0.25, 0.3) is 11.5 Å². The summed E-state index contributed by atoms with van der Waals surface area (Å²) in [7, 11) is 0. The van der Waals surface area contributed by atoms with E-state index in [0.717, 1.165) is 0 Å². The van der Waals surface area contributed by atoms with Gasteiger partial charge in [0, 0.05) is 17.8 Å². The van der Waals surface area contributed by atoms with Crippen LogP contribution in [0.2, 0.25) is 5.02 Å². The summed E-state index contributed by atoms with van der Waals surface area (Å²) in [5.74, 6) is -0.210. The first-order valence-corrected chi connectivity index (χ1v) is 8.39. The SMILES string of the molecule is CCNc1nccc(-c2cc(C(=O)Nc3ccc(Cl)cc3N)c(=O)[nH]n2)n1. The lowest BCUT2D eigenvalue weighted by molar-refractivity contribution is 0.102. The van der Waals surface area contributed by atoms with E-state index >= 15 is 0 Å². The minimum absolute atomic E-state index is 0.127. The van der Waals surface area contributed by atoms with E-state index in [2.05, 4.69) is 30.8 Å². The zero-order valence-corrected chi connectivity index (χ0v) is 15.0. The van der Waals surface area contributed by atoms with Crippen LogP contribution >= 0.6 is 11.6 Å². The molecular weight excluding hydrogens is 370 g/mol. The van der Waals surface area contributed by atoms with E-state index in [1.54, 1.807) is 24.4 Å². The third-order valence-electron chi connectivity index (χ3n) is 3.56. The second-order valence-corrected chi connectivity index (χ2v) is 5.91. The first kappa shape index (κ1) is 18.3. The van der Waals surface area contributed by atoms with Crippen molar-refractivity contribution in [2.24, 2.45) is 0 Å². The number of anilines is 3. The number of nitrogen functional groups attached to an aromatic ring is 1. The summed E-state index contributed by atoms with van der Waals surface area (Å²) in [6, 6.07) is 7.62. The van der Waals surface area contributed by atoms with Crippen LogP contribution in [-0.4, -0.2) is 32.6 Å². The van der Waals surface area contributed by atoms with Gasteiger partial charge in [-0.1, -0.05) is 11.6 Å². The molecule has 0 aliphatic rings. The lowest BCUT2D eigenvalue weighted by atomic mass is 10.2. The van der Waals surface area contributed by atoms with Crippen molar-refractivity contribution in [3.8, 4) is 11.4 Å². The Balaban J connectivity index is 1.92. The lowest BCUT2D eigenvalue weighted by Crippen LogP contribution is -2.24. The molecule has 2 aromatic heterocycles. The molecule has 0 spiro atoms. The Kier molecular flexibility index (Phi) is 5.32. The van der Waals surface area contributed by atoms with Gasteiger partial charge in [0.05, 0.1) is 17.1 Å². The molecule has 0 saturated carbocycles. The lowest BCUT2D eigenvalue weighted by Gasteiger charge is -2.09. The van der Waals surface area contributed by atoms with E-state index in [1.807, 2.05) is 6.92 Å². The maximum Gasteiger partial charge on any atom is 0.277 e. The van der Waals surface area contributed by atoms with Gasteiger partial charge in [0.1, 0.15) is 11.3 Å². The summed E-state index contributed by atoms with van der Waals surface area (Å²) in [6.45, 7) is 2.57. The van der Waals surface area contributed by atoms with Gasteiger partial charge in [-0.3, -0.25) is 9.59 Å². The Hall–Kier alpha value is -3.46. The molecule has 2 heterocycles. The van der Waals surface area contributed by atoms with E-state index in [9.17, 15) is 9.59 Å². The van der Waals surface area contributed by atoms with Gasteiger partial charge >= 0.3 is 0 Å². The first-order chi connectivity index (χ1) is 13.0. The number of nitrogens with two attached hydrogens (primary N) is 1. The molecule has 0 fully saturated rings. The second-order valence-electron chi connectivity index (χ2n) is 5.48. The van der Waals surface area contributed by atoms with Crippen LogP contribution in [0.4, 0.5) is 17.3 Å². The molecule has 3 rings (SSSR count). The maximum atomic E-state index is 12.5. The number of halogens is 1. The van der Waals surface area contributed by atoms with Gasteiger partial charge in [-0.15, -0.1) is 0 Å². The van der Waals surface area contributed by atoms with Crippen LogP contribution in [0.15, 0.2) is 41.3 Å². The van der Waals surface area contributed by atoms with Crippen LogP contribution in [0.1, 0.15) is 17.3 Å². The number of hydrogen-bond acceptors (Lipinski definition) is 7. The molecule has 27 heavy (non-hydrogen) atoms. The fourth-order valence-electron chi connectivity index (χ4n) is 2.29. The molecular formula is C17H16ClN7O2. The molecule has 1 amide bonds. The van der Waals surface area contributed by atoms with Crippen molar-refractivity contribution in [2.75, 3.05) is 22.9 Å². The first-order valence-electron chi connectivity index (χ1n) is 8.01. The average molecular weight is 386 g/mol. The largest absolute Gasteiger partial charge is 0.397 e. The van der Waals surface area contributed by atoms with E-state index in [-0.39, 0.29) is 11.3 Å². The number of aromatic amines is 1. The molecule has 0 atom stereocenters. The van der Waals surface area contributed by atoms with Gasteiger partial charge in [-0.25, -0.2) is 15.1 Å². The number of nitrogens with zero attached hydrogens (tertiary/aromatic N) is 3. The third-order valence-corrected chi connectivity index (χ3v) is 3.80. The number of rotatable bonds is 5. The van der Waals surface area contributed by atoms with E-state index in [1.165, 1.54) is 12.1 Å². The predicted octanol–water partition coefficient (Wildman–Crippen LogP) is 2.15. The highest BCUT2D eigenvalue weighted by Crippen LogP contribution is 2.23. The van der Waals surface area contributed by atoms with Gasteiger partial charge < -0.3 is 16.4 Å². The van der Waals surface area contributed by atoms with Crippen LogP contribution in [0.25, 0.3) is 11.4 Å². The Bertz CT molecular complexity index is 1050.